The van der Waals surface area contributed by atoms with Gasteiger partial charge in [-0.3, -0.25) is 0 Å². The summed E-state index contributed by atoms with van der Waals surface area (Å²) in [5, 5.41) is 4.48. The third-order valence-electron chi connectivity index (χ3n) is 4.12. The van der Waals surface area contributed by atoms with Gasteiger partial charge in [-0.05, 0) is 49.4 Å². The van der Waals surface area contributed by atoms with E-state index in [4.69, 9.17) is 15.2 Å². The summed E-state index contributed by atoms with van der Waals surface area (Å²) in [7, 11) is 0. The van der Waals surface area contributed by atoms with Crippen LogP contribution in [0.5, 0.6) is 11.5 Å². The topological polar surface area (TPSA) is 69.4 Å². The molecule has 0 amide bonds. The van der Waals surface area contributed by atoms with Crippen molar-refractivity contribution in [3.8, 4) is 11.5 Å². The van der Waals surface area contributed by atoms with Crippen LogP contribution in [0.25, 0.3) is 10.9 Å². The maximum absolute atomic E-state index is 5.82. The molecule has 3 N–H and O–H groups in total. The molecule has 5 heteroatoms. The number of nitrogens with one attached hydrogen (secondary N) is 1. The van der Waals surface area contributed by atoms with E-state index < -0.39 is 0 Å². The number of ether oxygens (including phenoxy) is 2. The predicted molar refractivity (Wildman–Crippen MR) is 95.6 cm³/mol. The van der Waals surface area contributed by atoms with Gasteiger partial charge in [0.2, 0.25) is 0 Å². The minimum absolute atomic E-state index is 0.0153. The first-order valence-corrected chi connectivity index (χ1v) is 8.06. The van der Waals surface area contributed by atoms with E-state index in [9.17, 15) is 0 Å². The highest BCUT2D eigenvalue weighted by Crippen LogP contribution is 2.40. The van der Waals surface area contributed by atoms with E-state index in [0.717, 1.165) is 39.5 Å². The molecule has 0 fully saturated rings. The van der Waals surface area contributed by atoms with Crippen LogP contribution in [0.1, 0.15) is 18.5 Å². The number of nitrogens with zero attached hydrogens (tertiary/aromatic N) is 1. The van der Waals surface area contributed by atoms with Crippen LogP contribution in [0, 0.1) is 0 Å². The SMILES string of the molecule is CCOc1cccc2c1[C@@H](Nc1ccc3cc(N)ccc3n1)CO2. The molecule has 0 aliphatic carbocycles. The van der Waals surface area contributed by atoms with Crippen LogP contribution in [0.3, 0.4) is 0 Å². The van der Waals surface area contributed by atoms with Crippen LogP contribution in [-0.2, 0) is 0 Å². The summed E-state index contributed by atoms with van der Waals surface area (Å²) < 4.78 is 11.5. The lowest BCUT2D eigenvalue weighted by Crippen LogP contribution is -2.14. The molecule has 0 radical (unpaired) electrons. The Morgan fingerprint density at radius 3 is 3.04 bits per heavy atom. The van der Waals surface area contributed by atoms with E-state index in [2.05, 4.69) is 10.3 Å². The molecule has 1 atom stereocenters. The Labute approximate surface area is 140 Å². The van der Waals surface area contributed by atoms with E-state index in [1.54, 1.807) is 0 Å². The third kappa shape index (κ3) is 2.58. The smallest absolute Gasteiger partial charge is 0.128 e. The number of anilines is 2. The second-order valence-electron chi connectivity index (χ2n) is 5.76. The molecular weight excluding hydrogens is 302 g/mol. The maximum Gasteiger partial charge on any atom is 0.128 e. The van der Waals surface area contributed by atoms with Crippen molar-refractivity contribution in [1.29, 1.82) is 0 Å². The van der Waals surface area contributed by atoms with Crippen molar-refractivity contribution in [2.75, 3.05) is 24.3 Å². The minimum atomic E-state index is 0.0153. The van der Waals surface area contributed by atoms with Gasteiger partial charge >= 0.3 is 0 Å². The zero-order valence-electron chi connectivity index (χ0n) is 13.5. The normalized spacial score (nSPS) is 15.8. The van der Waals surface area contributed by atoms with Gasteiger partial charge in [-0.1, -0.05) is 6.07 Å². The predicted octanol–water partition coefficient (Wildman–Crippen LogP) is 3.76. The van der Waals surface area contributed by atoms with Gasteiger partial charge in [-0.15, -0.1) is 0 Å². The van der Waals surface area contributed by atoms with Gasteiger partial charge in [0.15, 0.2) is 0 Å². The molecule has 4 rings (SSSR count). The van der Waals surface area contributed by atoms with Crippen molar-refractivity contribution in [1.82, 2.24) is 4.98 Å². The third-order valence-corrected chi connectivity index (χ3v) is 4.12. The fraction of sp³-hybridized carbons (Fsp3) is 0.211. The first kappa shape index (κ1) is 14.6. The van der Waals surface area contributed by atoms with Crippen LogP contribution in [0.2, 0.25) is 0 Å². The number of pyridine rings is 1. The molecule has 0 saturated heterocycles. The summed E-state index contributed by atoms with van der Waals surface area (Å²) in [6, 6.07) is 15.6. The molecule has 2 aromatic carbocycles. The van der Waals surface area contributed by atoms with Gasteiger partial charge in [0.1, 0.15) is 23.9 Å². The van der Waals surface area contributed by atoms with Gasteiger partial charge in [0.05, 0.1) is 23.7 Å². The number of hydrogen-bond acceptors (Lipinski definition) is 5. The first-order valence-electron chi connectivity index (χ1n) is 8.06. The molecule has 0 spiro atoms. The van der Waals surface area contributed by atoms with Crippen molar-refractivity contribution in [3.05, 3.63) is 54.1 Å². The molecule has 1 aliphatic rings. The van der Waals surface area contributed by atoms with Gasteiger partial charge in [0.25, 0.3) is 0 Å². The van der Waals surface area contributed by atoms with Gasteiger partial charge in [-0.2, -0.15) is 0 Å². The maximum atomic E-state index is 5.82. The largest absolute Gasteiger partial charge is 0.493 e. The molecule has 122 valence electrons. The summed E-state index contributed by atoms with van der Waals surface area (Å²) in [4.78, 5) is 4.67. The number of benzene rings is 2. The number of nitrogens with two attached hydrogens (primary N) is 1. The van der Waals surface area contributed by atoms with Crippen LogP contribution in [-0.4, -0.2) is 18.2 Å². The lowest BCUT2D eigenvalue weighted by molar-refractivity contribution is 0.335. The second-order valence-corrected chi connectivity index (χ2v) is 5.76. The monoisotopic (exact) mass is 321 g/mol. The van der Waals surface area contributed by atoms with E-state index >= 15 is 0 Å². The molecule has 1 aliphatic heterocycles. The standard InChI is InChI=1S/C19H19N3O2/c1-2-23-16-4-3-5-17-19(16)15(11-24-17)22-18-9-6-12-10-13(20)7-8-14(12)21-18/h3-10,15H,2,11,20H2,1H3,(H,21,22)/t15-/m0/s1. The van der Waals surface area contributed by atoms with Crippen molar-refractivity contribution in [2.45, 2.75) is 13.0 Å². The number of aromatic nitrogens is 1. The molecule has 0 bridgehead atoms. The zero-order chi connectivity index (χ0) is 16.5. The van der Waals surface area contributed by atoms with Crippen LogP contribution in [0.15, 0.2) is 48.5 Å². The van der Waals surface area contributed by atoms with Crippen molar-refractivity contribution in [2.24, 2.45) is 0 Å². The van der Waals surface area contributed by atoms with E-state index in [1.165, 1.54) is 0 Å². The Balaban J connectivity index is 1.65. The van der Waals surface area contributed by atoms with Gasteiger partial charge in [0, 0.05) is 11.1 Å². The van der Waals surface area contributed by atoms with E-state index in [-0.39, 0.29) is 6.04 Å². The summed E-state index contributed by atoms with van der Waals surface area (Å²) in [5.74, 6) is 2.53. The number of rotatable bonds is 4. The molecule has 3 aromatic rings. The Hall–Kier alpha value is -2.95. The highest BCUT2D eigenvalue weighted by atomic mass is 16.5. The summed E-state index contributed by atoms with van der Waals surface area (Å²) in [6.45, 7) is 3.16. The first-order chi connectivity index (χ1) is 11.7. The summed E-state index contributed by atoms with van der Waals surface area (Å²) >= 11 is 0. The zero-order valence-corrected chi connectivity index (χ0v) is 13.5. The Morgan fingerprint density at radius 2 is 2.17 bits per heavy atom. The highest BCUT2D eigenvalue weighted by molar-refractivity contribution is 5.83. The van der Waals surface area contributed by atoms with Crippen LogP contribution < -0.4 is 20.5 Å². The molecule has 1 aromatic heterocycles. The fourth-order valence-electron chi connectivity index (χ4n) is 3.05. The molecule has 0 saturated carbocycles. The number of nitrogen functional groups attached to an aromatic ring is 1. The van der Waals surface area contributed by atoms with Gasteiger partial charge < -0.3 is 20.5 Å². The fourth-order valence-corrected chi connectivity index (χ4v) is 3.05. The quantitative estimate of drug-likeness (QED) is 0.716. The lowest BCUT2D eigenvalue weighted by atomic mass is 10.1. The average molecular weight is 321 g/mol. The summed E-state index contributed by atoms with van der Waals surface area (Å²) in [5.41, 5.74) is 8.52. The lowest BCUT2D eigenvalue weighted by Gasteiger charge is -2.16. The van der Waals surface area contributed by atoms with Crippen molar-refractivity contribution < 1.29 is 9.47 Å². The Morgan fingerprint density at radius 1 is 1.25 bits per heavy atom. The van der Waals surface area contributed by atoms with Crippen molar-refractivity contribution in [3.63, 3.8) is 0 Å². The molecule has 24 heavy (non-hydrogen) atoms. The van der Waals surface area contributed by atoms with Crippen LogP contribution >= 0.6 is 0 Å². The molecule has 2 heterocycles. The Kier molecular flexibility index (Phi) is 3.61. The van der Waals surface area contributed by atoms with Crippen molar-refractivity contribution >= 4 is 22.4 Å². The Bertz CT molecular complexity index is 895. The molecular formula is C19H19N3O2. The van der Waals surface area contributed by atoms with E-state index in [1.807, 2.05) is 55.5 Å². The number of fused-ring (bicyclic) bond motifs is 2. The molecule has 5 nitrogen and oxygen atoms in total. The summed E-state index contributed by atoms with van der Waals surface area (Å²) in [6.07, 6.45) is 0. The number of hydrogen-bond donors (Lipinski definition) is 2. The van der Waals surface area contributed by atoms with Gasteiger partial charge in [-0.25, -0.2) is 4.98 Å². The van der Waals surface area contributed by atoms with Crippen LogP contribution in [0.4, 0.5) is 11.5 Å². The average Bonchev–Trinajstić information content (AvgIpc) is 2.99. The minimum Gasteiger partial charge on any atom is -0.493 e. The van der Waals surface area contributed by atoms with E-state index in [0.29, 0.717) is 13.2 Å². The highest BCUT2D eigenvalue weighted by Gasteiger charge is 2.28. The second kappa shape index (κ2) is 5.92. The molecule has 0 unspecified atom stereocenters.